The molecule has 0 spiro atoms. The molecule has 5 nitrogen and oxygen atoms in total. The minimum atomic E-state index is -0.361. The van der Waals surface area contributed by atoms with E-state index in [9.17, 15) is 9.59 Å². The van der Waals surface area contributed by atoms with Gasteiger partial charge in [0.05, 0.1) is 12.1 Å². The first-order valence-electron chi connectivity index (χ1n) is 5.38. The number of hydrogen-bond acceptors (Lipinski definition) is 2. The van der Waals surface area contributed by atoms with Gasteiger partial charge < -0.3 is 10.6 Å². The van der Waals surface area contributed by atoms with Crippen molar-refractivity contribution < 1.29 is 9.59 Å². The van der Waals surface area contributed by atoms with Crippen molar-refractivity contribution in [1.82, 2.24) is 4.90 Å². The van der Waals surface area contributed by atoms with Crippen LogP contribution in [-0.4, -0.2) is 30.9 Å². The Hall–Kier alpha value is -2.04. The Bertz CT molecular complexity index is 485. The van der Waals surface area contributed by atoms with E-state index >= 15 is 0 Å². The molecule has 0 aliphatic carbocycles. The highest BCUT2D eigenvalue weighted by molar-refractivity contribution is 5.94. The van der Waals surface area contributed by atoms with Crippen LogP contribution in [0.1, 0.15) is 11.1 Å². The number of nitrogens with zero attached hydrogens (tertiary/aromatic N) is 2. The van der Waals surface area contributed by atoms with Gasteiger partial charge in [0.15, 0.2) is 0 Å². The van der Waals surface area contributed by atoms with Gasteiger partial charge in [-0.1, -0.05) is 12.1 Å². The van der Waals surface area contributed by atoms with Crippen molar-refractivity contribution in [3.63, 3.8) is 0 Å². The van der Waals surface area contributed by atoms with Gasteiger partial charge >= 0.3 is 6.03 Å². The highest BCUT2D eigenvalue weighted by Gasteiger charge is 2.26. The molecule has 3 amide bonds. The summed E-state index contributed by atoms with van der Waals surface area (Å²) in [7, 11) is 3.47. The zero-order valence-corrected chi connectivity index (χ0v) is 9.93. The fourth-order valence-corrected chi connectivity index (χ4v) is 2.14. The quantitative estimate of drug-likeness (QED) is 0.817. The molecule has 0 atom stereocenters. The Morgan fingerprint density at radius 2 is 2.12 bits per heavy atom. The zero-order valence-electron chi connectivity index (χ0n) is 9.93. The summed E-state index contributed by atoms with van der Waals surface area (Å²) < 4.78 is 0. The minimum Gasteiger partial charge on any atom is -0.369 e. The van der Waals surface area contributed by atoms with Crippen LogP contribution in [0.5, 0.6) is 0 Å². The Morgan fingerprint density at radius 1 is 1.41 bits per heavy atom. The summed E-state index contributed by atoms with van der Waals surface area (Å²) in [6, 6.07) is 5.55. The minimum absolute atomic E-state index is 0.0475. The van der Waals surface area contributed by atoms with Gasteiger partial charge in [-0.25, -0.2) is 4.79 Å². The number of rotatable bonds is 2. The normalized spacial score (nSPS) is 14.8. The van der Waals surface area contributed by atoms with Gasteiger partial charge in [-0.2, -0.15) is 0 Å². The fraction of sp³-hybridized carbons (Fsp3) is 0.333. The van der Waals surface area contributed by atoms with Crippen LogP contribution >= 0.6 is 0 Å². The van der Waals surface area contributed by atoms with E-state index in [1.54, 1.807) is 23.9 Å². The van der Waals surface area contributed by atoms with Crippen molar-refractivity contribution >= 4 is 17.6 Å². The second-order valence-electron chi connectivity index (χ2n) is 4.26. The van der Waals surface area contributed by atoms with Crippen LogP contribution < -0.4 is 10.6 Å². The number of urea groups is 1. The molecule has 0 unspecified atom stereocenters. The zero-order chi connectivity index (χ0) is 12.6. The van der Waals surface area contributed by atoms with E-state index in [1.807, 2.05) is 18.2 Å². The van der Waals surface area contributed by atoms with E-state index in [1.165, 1.54) is 0 Å². The molecule has 0 aromatic heterocycles. The lowest BCUT2D eigenvalue weighted by molar-refractivity contribution is -0.117. The van der Waals surface area contributed by atoms with Gasteiger partial charge in [0, 0.05) is 20.6 Å². The molecular weight excluding hydrogens is 218 g/mol. The van der Waals surface area contributed by atoms with Crippen molar-refractivity contribution in [3.8, 4) is 0 Å². The van der Waals surface area contributed by atoms with Crippen LogP contribution in [0.4, 0.5) is 10.5 Å². The largest absolute Gasteiger partial charge is 0.369 e. The van der Waals surface area contributed by atoms with Gasteiger partial charge in [-0.3, -0.25) is 9.69 Å². The van der Waals surface area contributed by atoms with Crippen molar-refractivity contribution in [2.45, 2.75) is 13.0 Å². The number of benzene rings is 1. The van der Waals surface area contributed by atoms with Crippen LogP contribution in [0.2, 0.25) is 0 Å². The molecule has 1 aromatic rings. The van der Waals surface area contributed by atoms with E-state index in [-0.39, 0.29) is 18.4 Å². The van der Waals surface area contributed by atoms with Gasteiger partial charge in [0.2, 0.25) is 5.91 Å². The summed E-state index contributed by atoms with van der Waals surface area (Å²) in [5, 5.41) is 0. The monoisotopic (exact) mass is 233 g/mol. The maximum absolute atomic E-state index is 11.8. The molecule has 0 bridgehead atoms. The molecule has 1 aromatic carbocycles. The molecule has 2 rings (SSSR count). The lowest BCUT2D eigenvalue weighted by atomic mass is 10.00. The van der Waals surface area contributed by atoms with E-state index in [4.69, 9.17) is 5.73 Å². The first kappa shape index (κ1) is 11.4. The van der Waals surface area contributed by atoms with E-state index in [2.05, 4.69) is 0 Å². The number of carbonyl (C=O) groups excluding carboxylic acids is 2. The molecule has 90 valence electrons. The van der Waals surface area contributed by atoms with E-state index in [0.717, 1.165) is 16.8 Å². The molecule has 0 saturated heterocycles. The Kier molecular flexibility index (Phi) is 2.75. The molecule has 0 fully saturated rings. The molecule has 0 saturated carbocycles. The predicted octanol–water partition coefficient (Wildman–Crippen LogP) is 0.716. The highest BCUT2D eigenvalue weighted by atomic mass is 16.2. The highest BCUT2D eigenvalue weighted by Crippen LogP contribution is 2.29. The Morgan fingerprint density at radius 3 is 2.76 bits per heavy atom. The van der Waals surface area contributed by atoms with Crippen molar-refractivity contribution in [2.75, 3.05) is 19.0 Å². The summed E-state index contributed by atoms with van der Waals surface area (Å²) in [6.07, 6.45) is 0.207. The van der Waals surface area contributed by atoms with Crippen LogP contribution in [0.3, 0.4) is 0 Å². The third-order valence-electron chi connectivity index (χ3n) is 2.98. The van der Waals surface area contributed by atoms with Gasteiger partial charge in [0.25, 0.3) is 0 Å². The maximum atomic E-state index is 11.8. The third-order valence-corrected chi connectivity index (χ3v) is 2.98. The van der Waals surface area contributed by atoms with Crippen molar-refractivity contribution in [2.24, 2.45) is 5.73 Å². The number of primary amides is 1. The van der Waals surface area contributed by atoms with Crippen LogP contribution in [0.15, 0.2) is 18.2 Å². The van der Waals surface area contributed by atoms with Gasteiger partial charge in [0.1, 0.15) is 0 Å². The number of anilines is 1. The molecule has 0 radical (unpaired) electrons. The number of hydrogen-bond donors (Lipinski definition) is 1. The third kappa shape index (κ3) is 1.95. The van der Waals surface area contributed by atoms with E-state index < -0.39 is 0 Å². The molecule has 5 heteroatoms. The summed E-state index contributed by atoms with van der Waals surface area (Å²) in [4.78, 5) is 26.0. The SMILES string of the molecule is CN1Cc2c(CC(N)=O)cccc2N(C)C1=O. The molecule has 1 heterocycles. The smallest absolute Gasteiger partial charge is 0.324 e. The van der Waals surface area contributed by atoms with Gasteiger partial charge in [-0.05, 0) is 17.2 Å². The average molecular weight is 233 g/mol. The van der Waals surface area contributed by atoms with Crippen LogP contribution in [-0.2, 0) is 17.8 Å². The number of fused-ring (bicyclic) bond motifs is 1. The number of amides is 3. The molecule has 1 aliphatic rings. The molecule has 2 N–H and O–H groups in total. The lowest BCUT2D eigenvalue weighted by Crippen LogP contribution is -2.43. The topological polar surface area (TPSA) is 66.6 Å². The Balaban J connectivity index is 2.48. The summed E-state index contributed by atoms with van der Waals surface area (Å²) in [5.74, 6) is -0.361. The summed E-state index contributed by atoms with van der Waals surface area (Å²) in [6.45, 7) is 0.516. The molecule has 1 aliphatic heterocycles. The lowest BCUT2D eigenvalue weighted by Gasteiger charge is -2.33. The second kappa shape index (κ2) is 4.08. The standard InChI is InChI=1S/C12H15N3O2/c1-14-7-9-8(6-11(13)16)4-3-5-10(9)15(2)12(14)17/h3-5H,6-7H2,1-2H3,(H2,13,16). The Labute approximate surface area is 99.8 Å². The molecular formula is C12H15N3O2. The number of carbonyl (C=O) groups is 2. The predicted molar refractivity (Wildman–Crippen MR) is 64.6 cm³/mol. The first-order chi connectivity index (χ1) is 8.00. The first-order valence-corrected chi connectivity index (χ1v) is 5.38. The average Bonchev–Trinajstić information content (AvgIpc) is 2.27. The van der Waals surface area contributed by atoms with E-state index in [0.29, 0.717) is 6.54 Å². The summed E-state index contributed by atoms with van der Waals surface area (Å²) >= 11 is 0. The summed E-state index contributed by atoms with van der Waals surface area (Å²) in [5.41, 5.74) is 7.96. The second-order valence-corrected chi connectivity index (χ2v) is 4.26. The van der Waals surface area contributed by atoms with Crippen LogP contribution in [0, 0.1) is 0 Å². The molecule has 17 heavy (non-hydrogen) atoms. The van der Waals surface area contributed by atoms with Crippen molar-refractivity contribution in [1.29, 1.82) is 0 Å². The fourth-order valence-electron chi connectivity index (χ4n) is 2.14. The van der Waals surface area contributed by atoms with Crippen molar-refractivity contribution in [3.05, 3.63) is 29.3 Å². The number of nitrogens with two attached hydrogens (primary N) is 1. The maximum Gasteiger partial charge on any atom is 0.324 e. The van der Waals surface area contributed by atoms with Gasteiger partial charge in [-0.15, -0.1) is 0 Å². The van der Waals surface area contributed by atoms with Crippen LogP contribution in [0.25, 0.3) is 0 Å².